The lowest BCUT2D eigenvalue weighted by Gasteiger charge is -2.15. The van der Waals surface area contributed by atoms with Crippen molar-refractivity contribution in [3.05, 3.63) is 29.6 Å². The minimum Gasteiger partial charge on any atom is -0.384 e. The topological polar surface area (TPSA) is 62.2 Å². The Balaban J connectivity index is 1.67. The van der Waals surface area contributed by atoms with E-state index in [1.165, 1.54) is 25.7 Å². The maximum Gasteiger partial charge on any atom is 0.252 e. The molecule has 1 heterocycles. The Kier molecular flexibility index (Phi) is 3.45. The monoisotopic (exact) mass is 270 g/mol. The zero-order chi connectivity index (χ0) is 14.0. The molecule has 1 aromatic heterocycles. The number of nitrogens with zero attached hydrogens (tertiary/aromatic N) is 1. The number of carbonyl (C=O) groups excluding carboxylic acids is 1. The van der Waals surface area contributed by atoms with Crippen LogP contribution in [0.2, 0.25) is 0 Å². The summed E-state index contributed by atoms with van der Waals surface area (Å²) in [7, 11) is 0. The zero-order valence-corrected chi connectivity index (χ0v) is 11.4. The Morgan fingerprint density at radius 1 is 1.50 bits per heavy atom. The number of aromatic nitrogens is 1. The van der Waals surface area contributed by atoms with Gasteiger partial charge in [0.15, 0.2) is 0 Å². The molecule has 1 aromatic rings. The number of aliphatic hydroxyl groups excluding tert-OH is 1. The summed E-state index contributed by atoms with van der Waals surface area (Å²) in [6.45, 7) is 0.548. The number of rotatable bonds is 4. The third-order valence-corrected chi connectivity index (χ3v) is 4.30. The average Bonchev–Trinajstić information content (AvgIpc) is 3.35. The van der Waals surface area contributed by atoms with E-state index in [0.29, 0.717) is 16.5 Å². The fourth-order valence-electron chi connectivity index (χ4n) is 2.76. The molecule has 2 saturated carbocycles. The molecule has 2 N–H and O–H groups in total. The van der Waals surface area contributed by atoms with E-state index in [9.17, 15) is 4.79 Å². The van der Waals surface area contributed by atoms with Gasteiger partial charge in [-0.05, 0) is 43.1 Å². The highest BCUT2D eigenvalue weighted by atomic mass is 16.2. The quantitative estimate of drug-likeness (QED) is 0.812. The highest BCUT2D eigenvalue weighted by Gasteiger charge is 2.53. The van der Waals surface area contributed by atoms with Crippen molar-refractivity contribution in [2.45, 2.75) is 25.7 Å². The fraction of sp³-hybridized carbons (Fsp3) is 0.500. The van der Waals surface area contributed by atoms with E-state index in [0.717, 1.165) is 12.5 Å². The first-order valence-electron chi connectivity index (χ1n) is 7.07. The van der Waals surface area contributed by atoms with Crippen molar-refractivity contribution in [2.75, 3.05) is 13.2 Å². The lowest BCUT2D eigenvalue weighted by atomic mass is 10.0. The molecule has 0 spiro atoms. The molecule has 2 fully saturated rings. The number of amides is 1. The van der Waals surface area contributed by atoms with E-state index >= 15 is 0 Å². The molecular formula is C16H18N2O2. The van der Waals surface area contributed by atoms with Crippen LogP contribution in [0.25, 0.3) is 0 Å². The van der Waals surface area contributed by atoms with Crippen LogP contribution in [-0.2, 0) is 0 Å². The molecule has 0 unspecified atom stereocenters. The lowest BCUT2D eigenvalue weighted by Crippen LogP contribution is -2.31. The largest absolute Gasteiger partial charge is 0.384 e. The summed E-state index contributed by atoms with van der Waals surface area (Å²) in [4.78, 5) is 16.3. The summed E-state index contributed by atoms with van der Waals surface area (Å²) in [5.74, 6) is 6.06. The molecule has 0 aromatic carbocycles. The first-order chi connectivity index (χ1) is 9.75. The van der Waals surface area contributed by atoms with E-state index in [2.05, 4.69) is 22.1 Å². The van der Waals surface area contributed by atoms with Crippen LogP contribution in [0.4, 0.5) is 0 Å². The summed E-state index contributed by atoms with van der Waals surface area (Å²) in [5, 5.41) is 11.8. The summed E-state index contributed by atoms with van der Waals surface area (Å²) in [6.07, 6.45) is 8.27. The minimum atomic E-state index is -0.221. The Bertz CT molecular complexity index is 578. The van der Waals surface area contributed by atoms with Crippen LogP contribution in [-0.4, -0.2) is 29.1 Å². The normalized spacial score (nSPS) is 18.9. The Morgan fingerprint density at radius 2 is 2.30 bits per heavy atom. The van der Waals surface area contributed by atoms with Crippen LogP contribution in [0.5, 0.6) is 0 Å². The number of hydrogen-bond acceptors (Lipinski definition) is 3. The molecule has 1 amide bonds. The van der Waals surface area contributed by atoms with Gasteiger partial charge in [-0.15, -0.1) is 0 Å². The predicted molar refractivity (Wildman–Crippen MR) is 74.9 cm³/mol. The second-order valence-corrected chi connectivity index (χ2v) is 5.70. The van der Waals surface area contributed by atoms with E-state index in [-0.39, 0.29) is 12.5 Å². The van der Waals surface area contributed by atoms with Gasteiger partial charge in [-0.3, -0.25) is 9.78 Å². The van der Waals surface area contributed by atoms with Gasteiger partial charge in [0.25, 0.3) is 5.91 Å². The Labute approximate surface area is 118 Å². The van der Waals surface area contributed by atoms with Gasteiger partial charge in [-0.25, -0.2) is 0 Å². The van der Waals surface area contributed by atoms with Crippen molar-refractivity contribution in [3.63, 3.8) is 0 Å². The average molecular weight is 270 g/mol. The van der Waals surface area contributed by atoms with Crippen molar-refractivity contribution in [2.24, 2.45) is 11.3 Å². The summed E-state index contributed by atoms with van der Waals surface area (Å²) >= 11 is 0. The van der Waals surface area contributed by atoms with Gasteiger partial charge in [0.1, 0.15) is 6.61 Å². The van der Waals surface area contributed by atoms with E-state index in [1.807, 2.05) is 0 Å². The lowest BCUT2D eigenvalue weighted by molar-refractivity contribution is 0.0942. The van der Waals surface area contributed by atoms with Gasteiger partial charge >= 0.3 is 0 Å². The standard InChI is InChI=1S/C16H18N2O2/c19-9-1-2-12-10-17-8-5-14(12)15(20)18-11-16(6-7-16)13-3-4-13/h5,8,10,13,19H,3-4,6-7,9,11H2,(H,18,20). The third kappa shape index (κ3) is 2.68. The molecule has 3 rings (SSSR count). The number of carbonyl (C=O) groups is 1. The summed E-state index contributed by atoms with van der Waals surface area (Å²) in [6, 6.07) is 1.67. The van der Waals surface area contributed by atoms with Crippen LogP contribution in [0, 0.1) is 23.2 Å². The molecule has 2 aliphatic rings. The van der Waals surface area contributed by atoms with E-state index < -0.39 is 0 Å². The van der Waals surface area contributed by atoms with Crippen LogP contribution in [0.1, 0.15) is 41.6 Å². The fourth-order valence-corrected chi connectivity index (χ4v) is 2.76. The van der Waals surface area contributed by atoms with Crippen LogP contribution >= 0.6 is 0 Å². The van der Waals surface area contributed by atoms with Crippen molar-refractivity contribution < 1.29 is 9.90 Å². The number of nitrogens with one attached hydrogen (secondary N) is 1. The zero-order valence-electron chi connectivity index (χ0n) is 11.4. The van der Waals surface area contributed by atoms with Crippen LogP contribution in [0.15, 0.2) is 18.5 Å². The molecule has 4 heteroatoms. The highest BCUT2D eigenvalue weighted by Crippen LogP contribution is 2.60. The number of aliphatic hydroxyl groups is 1. The molecule has 0 aliphatic heterocycles. The summed E-state index contributed by atoms with van der Waals surface area (Å²) < 4.78 is 0. The second-order valence-electron chi connectivity index (χ2n) is 5.70. The van der Waals surface area contributed by atoms with Crippen molar-refractivity contribution >= 4 is 5.91 Å². The maximum atomic E-state index is 12.3. The number of pyridine rings is 1. The molecule has 2 aliphatic carbocycles. The van der Waals surface area contributed by atoms with E-state index in [1.54, 1.807) is 18.5 Å². The van der Waals surface area contributed by atoms with Gasteiger partial charge in [0.05, 0.1) is 11.1 Å². The van der Waals surface area contributed by atoms with Gasteiger partial charge in [0.2, 0.25) is 0 Å². The van der Waals surface area contributed by atoms with Gasteiger partial charge in [-0.1, -0.05) is 11.8 Å². The van der Waals surface area contributed by atoms with Crippen molar-refractivity contribution in [3.8, 4) is 11.8 Å². The Morgan fingerprint density at radius 3 is 2.95 bits per heavy atom. The third-order valence-electron chi connectivity index (χ3n) is 4.30. The van der Waals surface area contributed by atoms with Crippen molar-refractivity contribution in [1.82, 2.24) is 10.3 Å². The molecule has 0 atom stereocenters. The first-order valence-corrected chi connectivity index (χ1v) is 7.07. The molecule has 104 valence electrons. The molecule has 4 nitrogen and oxygen atoms in total. The SMILES string of the molecule is O=C(NCC1(C2CC2)CC1)c1ccncc1C#CCO. The van der Waals surface area contributed by atoms with Gasteiger partial charge in [-0.2, -0.15) is 0 Å². The smallest absolute Gasteiger partial charge is 0.252 e. The highest BCUT2D eigenvalue weighted by molar-refractivity contribution is 5.96. The molecule has 0 bridgehead atoms. The van der Waals surface area contributed by atoms with Crippen LogP contribution < -0.4 is 5.32 Å². The first kappa shape index (κ1) is 13.1. The predicted octanol–water partition coefficient (Wildman–Crippen LogP) is 1.35. The molecular weight excluding hydrogens is 252 g/mol. The van der Waals surface area contributed by atoms with Gasteiger partial charge in [0, 0.05) is 18.9 Å². The Hall–Kier alpha value is -1.86. The molecule has 0 radical (unpaired) electrons. The van der Waals surface area contributed by atoms with Gasteiger partial charge < -0.3 is 10.4 Å². The van der Waals surface area contributed by atoms with E-state index in [4.69, 9.17) is 5.11 Å². The molecule has 0 saturated heterocycles. The van der Waals surface area contributed by atoms with Crippen molar-refractivity contribution in [1.29, 1.82) is 0 Å². The minimum absolute atomic E-state index is 0.0958. The molecule has 20 heavy (non-hydrogen) atoms. The van der Waals surface area contributed by atoms with Crippen LogP contribution in [0.3, 0.4) is 0 Å². The summed E-state index contributed by atoms with van der Waals surface area (Å²) in [5.41, 5.74) is 1.49. The number of hydrogen-bond donors (Lipinski definition) is 2. The second kappa shape index (κ2) is 5.26. The maximum absolute atomic E-state index is 12.3.